The molecule has 0 bridgehead atoms. The second-order valence-electron chi connectivity index (χ2n) is 2.76. The third-order valence-corrected chi connectivity index (χ3v) is 1.70. The Kier molecular flexibility index (Phi) is 12.9. The molecule has 3 N–H and O–H groups in total. The van der Waals surface area contributed by atoms with E-state index in [2.05, 4.69) is 5.73 Å². The minimum Gasteiger partial charge on any atom is -0.481 e. The van der Waals surface area contributed by atoms with Crippen LogP contribution in [0.5, 0.6) is 0 Å². The maximum atomic E-state index is 10.3. The summed E-state index contributed by atoms with van der Waals surface area (Å²) in [5.41, 5.74) is 6.16. The number of nitrogens with two attached hydrogens (primary N) is 1. The molecule has 1 aromatic carbocycles. The van der Waals surface area contributed by atoms with E-state index in [1.165, 1.54) is 7.05 Å². The molecule has 0 radical (unpaired) electrons. The molecule has 0 amide bonds. The van der Waals surface area contributed by atoms with Crippen LogP contribution in [0.2, 0.25) is 0 Å². The van der Waals surface area contributed by atoms with Gasteiger partial charge in [0.05, 0.1) is 6.42 Å². The second-order valence-corrected chi connectivity index (χ2v) is 2.76. The fraction of sp³-hybridized carbons (Fsp3) is 0.385. The first-order valence-electron chi connectivity index (χ1n) is 5.53. The molecule has 0 atom stereocenters. The number of hydrogen-bond acceptors (Lipinski definition) is 3. The summed E-state index contributed by atoms with van der Waals surface area (Å²) in [6.45, 7) is 4.00. The normalized spacial score (nSPS) is 8.00. The molecule has 96 valence electrons. The highest BCUT2D eigenvalue weighted by atomic mass is 16.4. The summed E-state index contributed by atoms with van der Waals surface area (Å²) in [5, 5.41) is 8.48. The van der Waals surface area contributed by atoms with Crippen LogP contribution in [-0.2, 0) is 22.4 Å². The van der Waals surface area contributed by atoms with Crippen molar-refractivity contribution in [1.29, 1.82) is 0 Å². The lowest BCUT2D eigenvalue weighted by Gasteiger charge is -1.98. The van der Waals surface area contributed by atoms with E-state index in [0.717, 1.165) is 17.4 Å². The van der Waals surface area contributed by atoms with E-state index in [9.17, 15) is 9.59 Å². The van der Waals surface area contributed by atoms with Crippen LogP contribution < -0.4 is 5.73 Å². The molecule has 0 spiro atoms. The Bertz CT molecular complexity index is 307. The van der Waals surface area contributed by atoms with Crippen molar-refractivity contribution in [3.63, 3.8) is 0 Å². The zero-order chi connectivity index (χ0) is 13.7. The highest BCUT2D eigenvalue weighted by molar-refractivity contribution is 5.70. The summed E-state index contributed by atoms with van der Waals surface area (Å²) in [7, 11) is 1.50. The van der Waals surface area contributed by atoms with Crippen LogP contribution >= 0.6 is 0 Å². The average Bonchev–Trinajstić information content (AvgIpc) is 2.36. The monoisotopic (exact) mass is 239 g/mol. The van der Waals surface area contributed by atoms with Gasteiger partial charge < -0.3 is 15.6 Å². The molecule has 1 rings (SSSR count). The van der Waals surface area contributed by atoms with Gasteiger partial charge in [0.25, 0.3) is 0 Å². The molecule has 17 heavy (non-hydrogen) atoms. The van der Waals surface area contributed by atoms with Gasteiger partial charge in [-0.3, -0.25) is 4.79 Å². The van der Waals surface area contributed by atoms with Gasteiger partial charge in [-0.05, 0) is 18.2 Å². The van der Waals surface area contributed by atoms with Crippen molar-refractivity contribution in [2.75, 3.05) is 7.05 Å². The second kappa shape index (κ2) is 12.4. The van der Waals surface area contributed by atoms with Crippen molar-refractivity contribution in [2.24, 2.45) is 5.73 Å². The SMILES string of the molecule is CC.CN.O=CCc1ccc(CC(=O)O)cc1. The molecule has 4 nitrogen and oxygen atoms in total. The van der Waals surface area contributed by atoms with Gasteiger partial charge in [0.2, 0.25) is 0 Å². The Balaban J connectivity index is 0. The van der Waals surface area contributed by atoms with Crippen LogP contribution in [0.3, 0.4) is 0 Å². The van der Waals surface area contributed by atoms with Crippen LogP contribution in [0.4, 0.5) is 0 Å². The molecule has 0 fully saturated rings. The molecule has 0 aliphatic heterocycles. The number of hydrogen-bond donors (Lipinski definition) is 2. The number of aliphatic carboxylic acids is 1. The summed E-state index contributed by atoms with van der Waals surface area (Å²) in [5.74, 6) is -0.844. The zero-order valence-corrected chi connectivity index (χ0v) is 10.6. The number of carbonyl (C=O) groups is 2. The number of carbonyl (C=O) groups excluding carboxylic acids is 1. The maximum absolute atomic E-state index is 10.3. The van der Waals surface area contributed by atoms with Crippen molar-refractivity contribution in [3.05, 3.63) is 35.4 Å². The molecule has 0 saturated carbocycles. The van der Waals surface area contributed by atoms with E-state index in [0.29, 0.717) is 6.42 Å². The van der Waals surface area contributed by atoms with Crippen LogP contribution in [-0.4, -0.2) is 24.4 Å². The molecule has 0 aliphatic carbocycles. The summed E-state index contributed by atoms with van der Waals surface area (Å²) in [4.78, 5) is 20.5. The van der Waals surface area contributed by atoms with Gasteiger partial charge in [-0.25, -0.2) is 0 Å². The number of aldehydes is 1. The van der Waals surface area contributed by atoms with E-state index < -0.39 is 5.97 Å². The van der Waals surface area contributed by atoms with Gasteiger partial charge in [0, 0.05) is 6.42 Å². The molecule has 1 aromatic rings. The first-order chi connectivity index (χ1) is 8.22. The van der Waals surface area contributed by atoms with Gasteiger partial charge in [0.1, 0.15) is 6.29 Å². The standard InChI is InChI=1S/C10H10O3.C2H6.CH5N/c11-6-5-8-1-3-9(4-2-8)7-10(12)13;2*1-2/h1-4,6H,5,7H2,(H,12,13);1-2H3;2H2,1H3. The maximum Gasteiger partial charge on any atom is 0.307 e. The Labute approximate surface area is 102 Å². The van der Waals surface area contributed by atoms with Gasteiger partial charge >= 0.3 is 5.97 Å². The largest absolute Gasteiger partial charge is 0.481 e. The fourth-order valence-corrected chi connectivity index (χ4v) is 1.06. The molecular weight excluding hydrogens is 218 g/mol. The number of carboxylic acid groups (broad SMARTS) is 1. The van der Waals surface area contributed by atoms with Gasteiger partial charge in [-0.1, -0.05) is 38.1 Å². The molecule has 0 aromatic heterocycles. The molecule has 0 saturated heterocycles. The lowest BCUT2D eigenvalue weighted by atomic mass is 10.1. The van der Waals surface area contributed by atoms with Crippen molar-refractivity contribution in [1.82, 2.24) is 0 Å². The summed E-state index contributed by atoms with van der Waals surface area (Å²) in [6.07, 6.45) is 1.24. The third-order valence-electron chi connectivity index (χ3n) is 1.70. The van der Waals surface area contributed by atoms with Gasteiger partial charge in [-0.15, -0.1) is 0 Å². The Morgan fingerprint density at radius 1 is 1.18 bits per heavy atom. The van der Waals surface area contributed by atoms with E-state index in [1.54, 1.807) is 24.3 Å². The number of rotatable bonds is 4. The van der Waals surface area contributed by atoms with E-state index in [4.69, 9.17) is 5.11 Å². The minimum absolute atomic E-state index is 0.0291. The quantitative estimate of drug-likeness (QED) is 0.783. The van der Waals surface area contributed by atoms with E-state index in [-0.39, 0.29) is 6.42 Å². The third kappa shape index (κ3) is 9.26. The Hall–Kier alpha value is -1.68. The first-order valence-corrected chi connectivity index (χ1v) is 5.53. The van der Waals surface area contributed by atoms with Crippen molar-refractivity contribution in [2.45, 2.75) is 26.7 Å². The highest BCUT2D eigenvalue weighted by Gasteiger charge is 1.99. The van der Waals surface area contributed by atoms with Crippen LogP contribution in [0.1, 0.15) is 25.0 Å². The molecule has 0 heterocycles. The smallest absolute Gasteiger partial charge is 0.307 e. The average molecular weight is 239 g/mol. The Morgan fingerprint density at radius 3 is 1.94 bits per heavy atom. The lowest BCUT2D eigenvalue weighted by molar-refractivity contribution is -0.136. The summed E-state index contributed by atoms with van der Waals surface area (Å²) >= 11 is 0. The predicted molar refractivity (Wildman–Crippen MR) is 69.0 cm³/mol. The van der Waals surface area contributed by atoms with Gasteiger partial charge in [0.15, 0.2) is 0 Å². The van der Waals surface area contributed by atoms with Gasteiger partial charge in [-0.2, -0.15) is 0 Å². The number of carboxylic acids is 1. The van der Waals surface area contributed by atoms with Crippen molar-refractivity contribution >= 4 is 12.3 Å². The highest BCUT2D eigenvalue weighted by Crippen LogP contribution is 2.04. The van der Waals surface area contributed by atoms with Crippen LogP contribution in [0.15, 0.2) is 24.3 Å². The van der Waals surface area contributed by atoms with Crippen molar-refractivity contribution in [3.8, 4) is 0 Å². The van der Waals surface area contributed by atoms with E-state index >= 15 is 0 Å². The fourth-order valence-electron chi connectivity index (χ4n) is 1.06. The predicted octanol–water partition coefficient (Wildman–Crippen LogP) is 1.66. The number of benzene rings is 1. The lowest BCUT2D eigenvalue weighted by Crippen LogP contribution is -1.99. The molecule has 0 unspecified atom stereocenters. The van der Waals surface area contributed by atoms with E-state index in [1.807, 2.05) is 13.8 Å². The van der Waals surface area contributed by atoms with Crippen molar-refractivity contribution < 1.29 is 14.7 Å². The van der Waals surface area contributed by atoms with Crippen LogP contribution in [0, 0.1) is 0 Å². The minimum atomic E-state index is -0.844. The van der Waals surface area contributed by atoms with Crippen LogP contribution in [0.25, 0.3) is 0 Å². The summed E-state index contributed by atoms with van der Waals surface area (Å²) < 4.78 is 0. The zero-order valence-electron chi connectivity index (χ0n) is 10.6. The summed E-state index contributed by atoms with van der Waals surface area (Å²) in [6, 6.07) is 7.00. The topological polar surface area (TPSA) is 80.4 Å². The Morgan fingerprint density at radius 2 is 1.59 bits per heavy atom. The molecular formula is C13H21NO3. The first kappa shape index (κ1) is 17.7. The molecule has 0 aliphatic rings. The molecule has 4 heteroatoms.